The van der Waals surface area contributed by atoms with Crippen molar-refractivity contribution in [3.8, 4) is 0 Å². The maximum atomic E-state index is 12.7. The standard InChI is InChI=1S/C16H21ClN2O2/c1-3-13(17)15-18-14-9-5-4-8-12(14)16(20)19(15)10-6-7-11-21-2/h4-5,8-9,13H,3,6-7,10-11H2,1-2H3. The van der Waals surface area contributed by atoms with Crippen molar-refractivity contribution in [1.29, 1.82) is 0 Å². The molecule has 0 N–H and O–H groups in total. The fourth-order valence-electron chi connectivity index (χ4n) is 2.34. The zero-order valence-electron chi connectivity index (χ0n) is 12.5. The van der Waals surface area contributed by atoms with Gasteiger partial charge < -0.3 is 4.74 Å². The molecule has 0 radical (unpaired) electrons. The van der Waals surface area contributed by atoms with Gasteiger partial charge in [0.15, 0.2) is 0 Å². The van der Waals surface area contributed by atoms with E-state index in [4.69, 9.17) is 16.3 Å². The van der Waals surface area contributed by atoms with Crippen LogP contribution < -0.4 is 5.56 Å². The molecular weight excluding hydrogens is 288 g/mol. The maximum absolute atomic E-state index is 12.7. The van der Waals surface area contributed by atoms with Crippen LogP contribution >= 0.6 is 11.6 Å². The van der Waals surface area contributed by atoms with Gasteiger partial charge in [0.1, 0.15) is 5.82 Å². The van der Waals surface area contributed by atoms with Crippen LogP contribution in [-0.2, 0) is 11.3 Å². The molecule has 1 heterocycles. The smallest absolute Gasteiger partial charge is 0.261 e. The molecule has 0 aliphatic rings. The molecule has 4 nitrogen and oxygen atoms in total. The Bertz CT molecular complexity index is 654. The molecule has 0 saturated carbocycles. The molecule has 5 heteroatoms. The highest BCUT2D eigenvalue weighted by Gasteiger charge is 2.16. The van der Waals surface area contributed by atoms with Crippen LogP contribution in [0, 0.1) is 0 Å². The summed E-state index contributed by atoms with van der Waals surface area (Å²) in [6.07, 6.45) is 2.52. The second kappa shape index (κ2) is 7.57. The zero-order valence-corrected chi connectivity index (χ0v) is 13.3. The summed E-state index contributed by atoms with van der Waals surface area (Å²) in [6.45, 7) is 3.32. The molecule has 1 aromatic carbocycles. The molecule has 0 spiro atoms. The summed E-state index contributed by atoms with van der Waals surface area (Å²) in [5.74, 6) is 0.667. The number of rotatable bonds is 7. The van der Waals surface area contributed by atoms with Gasteiger partial charge in [-0.2, -0.15) is 0 Å². The van der Waals surface area contributed by atoms with E-state index in [1.165, 1.54) is 0 Å². The predicted molar refractivity (Wildman–Crippen MR) is 86.0 cm³/mol. The van der Waals surface area contributed by atoms with Gasteiger partial charge in [0.2, 0.25) is 0 Å². The zero-order chi connectivity index (χ0) is 15.2. The quantitative estimate of drug-likeness (QED) is 0.581. The average molecular weight is 309 g/mol. The highest BCUT2D eigenvalue weighted by Crippen LogP contribution is 2.23. The third-order valence-electron chi connectivity index (χ3n) is 3.51. The maximum Gasteiger partial charge on any atom is 0.261 e. The van der Waals surface area contributed by atoms with E-state index in [1.54, 1.807) is 11.7 Å². The van der Waals surface area contributed by atoms with E-state index in [1.807, 2.05) is 31.2 Å². The number of fused-ring (bicyclic) bond motifs is 1. The van der Waals surface area contributed by atoms with Gasteiger partial charge >= 0.3 is 0 Å². The number of hydrogen-bond acceptors (Lipinski definition) is 3. The predicted octanol–water partition coefficient (Wildman–Crippen LogP) is 3.51. The topological polar surface area (TPSA) is 44.1 Å². The molecule has 0 aliphatic heterocycles. The van der Waals surface area contributed by atoms with Crippen LogP contribution in [-0.4, -0.2) is 23.3 Å². The third-order valence-corrected chi connectivity index (χ3v) is 4.01. The van der Waals surface area contributed by atoms with Crippen molar-refractivity contribution in [1.82, 2.24) is 9.55 Å². The number of aromatic nitrogens is 2. The summed E-state index contributed by atoms with van der Waals surface area (Å²) in [6, 6.07) is 7.42. The van der Waals surface area contributed by atoms with Crippen molar-refractivity contribution in [3.05, 3.63) is 40.4 Å². The van der Waals surface area contributed by atoms with E-state index in [-0.39, 0.29) is 10.9 Å². The Morgan fingerprint density at radius 3 is 2.81 bits per heavy atom. The summed E-state index contributed by atoms with van der Waals surface area (Å²) in [4.78, 5) is 17.3. The van der Waals surface area contributed by atoms with Gasteiger partial charge in [-0.25, -0.2) is 4.98 Å². The molecule has 2 rings (SSSR count). The Labute approximate surface area is 129 Å². The van der Waals surface area contributed by atoms with E-state index in [0.29, 0.717) is 29.9 Å². The van der Waals surface area contributed by atoms with E-state index in [2.05, 4.69) is 4.98 Å². The third kappa shape index (κ3) is 3.63. The molecule has 2 aromatic rings. The first-order valence-corrected chi connectivity index (χ1v) is 7.75. The lowest BCUT2D eigenvalue weighted by molar-refractivity contribution is 0.191. The van der Waals surface area contributed by atoms with Gasteiger partial charge in [-0.05, 0) is 31.4 Å². The number of para-hydroxylation sites is 1. The van der Waals surface area contributed by atoms with Crippen LogP contribution in [0.3, 0.4) is 0 Å². The monoisotopic (exact) mass is 308 g/mol. The van der Waals surface area contributed by atoms with E-state index in [0.717, 1.165) is 19.3 Å². The Morgan fingerprint density at radius 1 is 1.33 bits per heavy atom. The molecule has 0 saturated heterocycles. The molecule has 21 heavy (non-hydrogen) atoms. The van der Waals surface area contributed by atoms with Crippen molar-refractivity contribution in [3.63, 3.8) is 0 Å². The highest BCUT2D eigenvalue weighted by atomic mass is 35.5. The van der Waals surface area contributed by atoms with Crippen LogP contribution in [0.25, 0.3) is 10.9 Å². The van der Waals surface area contributed by atoms with Crippen molar-refractivity contribution >= 4 is 22.5 Å². The van der Waals surface area contributed by atoms with Crippen LogP contribution in [0.1, 0.15) is 37.4 Å². The summed E-state index contributed by atoms with van der Waals surface area (Å²) in [5, 5.41) is 0.401. The Kier molecular flexibility index (Phi) is 5.76. The number of ether oxygens (including phenoxy) is 1. The fraction of sp³-hybridized carbons (Fsp3) is 0.500. The number of methoxy groups -OCH3 is 1. The molecule has 114 valence electrons. The molecule has 0 aliphatic carbocycles. The van der Waals surface area contributed by atoms with Crippen molar-refractivity contribution in [2.45, 2.75) is 38.1 Å². The first kappa shape index (κ1) is 16.0. The summed E-state index contributed by atoms with van der Waals surface area (Å²) < 4.78 is 6.77. The Balaban J connectivity index is 2.43. The van der Waals surface area contributed by atoms with E-state index in [9.17, 15) is 4.79 Å². The van der Waals surface area contributed by atoms with E-state index < -0.39 is 0 Å². The van der Waals surface area contributed by atoms with Crippen LogP contribution in [0.15, 0.2) is 29.1 Å². The van der Waals surface area contributed by atoms with Crippen LogP contribution in [0.2, 0.25) is 0 Å². The first-order chi connectivity index (χ1) is 10.2. The lowest BCUT2D eigenvalue weighted by Gasteiger charge is -2.16. The number of alkyl halides is 1. The van der Waals surface area contributed by atoms with Gasteiger partial charge in [-0.15, -0.1) is 11.6 Å². The fourth-order valence-corrected chi connectivity index (χ4v) is 2.51. The lowest BCUT2D eigenvalue weighted by Crippen LogP contribution is -2.26. The number of hydrogen-bond donors (Lipinski definition) is 0. The second-order valence-electron chi connectivity index (χ2n) is 5.02. The summed E-state index contributed by atoms with van der Waals surface area (Å²) >= 11 is 6.36. The SMILES string of the molecule is CCC(Cl)c1nc2ccccc2c(=O)n1CCCCOC. The summed E-state index contributed by atoms with van der Waals surface area (Å²) in [7, 11) is 1.68. The van der Waals surface area contributed by atoms with Gasteiger partial charge in [0, 0.05) is 20.3 Å². The second-order valence-corrected chi connectivity index (χ2v) is 5.55. The Morgan fingerprint density at radius 2 is 2.10 bits per heavy atom. The molecule has 0 bridgehead atoms. The number of unbranched alkanes of at least 4 members (excludes halogenated alkanes) is 1. The first-order valence-electron chi connectivity index (χ1n) is 7.31. The van der Waals surface area contributed by atoms with Crippen molar-refractivity contribution in [2.75, 3.05) is 13.7 Å². The number of halogens is 1. The van der Waals surface area contributed by atoms with Gasteiger partial charge in [0.25, 0.3) is 5.56 Å². The minimum Gasteiger partial charge on any atom is -0.385 e. The normalized spacial score (nSPS) is 12.7. The average Bonchev–Trinajstić information content (AvgIpc) is 2.52. The molecule has 0 amide bonds. The Hall–Kier alpha value is -1.39. The van der Waals surface area contributed by atoms with Gasteiger partial charge in [-0.3, -0.25) is 9.36 Å². The van der Waals surface area contributed by atoms with Gasteiger partial charge in [-0.1, -0.05) is 19.1 Å². The molecule has 1 atom stereocenters. The largest absolute Gasteiger partial charge is 0.385 e. The molecule has 1 unspecified atom stereocenters. The van der Waals surface area contributed by atoms with Crippen LogP contribution in [0.4, 0.5) is 0 Å². The van der Waals surface area contributed by atoms with Crippen LogP contribution in [0.5, 0.6) is 0 Å². The molecule has 1 aromatic heterocycles. The number of nitrogens with zero attached hydrogens (tertiary/aromatic N) is 2. The van der Waals surface area contributed by atoms with Crippen molar-refractivity contribution in [2.24, 2.45) is 0 Å². The van der Waals surface area contributed by atoms with Gasteiger partial charge in [0.05, 0.1) is 16.3 Å². The van der Waals surface area contributed by atoms with Crippen molar-refractivity contribution < 1.29 is 4.74 Å². The minimum atomic E-state index is -0.246. The summed E-state index contributed by atoms with van der Waals surface area (Å²) in [5.41, 5.74) is 0.705. The molecular formula is C16H21ClN2O2. The highest BCUT2D eigenvalue weighted by molar-refractivity contribution is 6.20. The minimum absolute atomic E-state index is 0.00730. The van der Waals surface area contributed by atoms with E-state index >= 15 is 0 Å². The number of benzene rings is 1. The molecule has 0 fully saturated rings. The lowest BCUT2D eigenvalue weighted by atomic mass is 10.2.